The van der Waals surface area contributed by atoms with E-state index in [1.54, 1.807) is 0 Å². The predicted molar refractivity (Wildman–Crippen MR) is 55.5 cm³/mol. The van der Waals surface area contributed by atoms with Gasteiger partial charge in [0, 0.05) is 13.2 Å². The minimum atomic E-state index is -0.179. The molecule has 77 valence electrons. The van der Waals surface area contributed by atoms with E-state index in [9.17, 15) is 4.39 Å². The fourth-order valence-corrected chi connectivity index (χ4v) is 1.23. The lowest BCUT2D eigenvalue weighted by Crippen LogP contribution is -1.97. The van der Waals surface area contributed by atoms with Gasteiger partial charge in [-0.1, -0.05) is 19.1 Å². The van der Waals surface area contributed by atoms with Crippen molar-refractivity contribution in [3.05, 3.63) is 42.6 Å². The highest BCUT2D eigenvalue weighted by Crippen LogP contribution is 2.05. The standard InChI is InChI=1S/C12H16FO/c1-2-9-14-10-3-4-11-5-7-12(13)8-6-11/h5-8H,1-4,9-10H2. The van der Waals surface area contributed by atoms with Crippen molar-refractivity contribution in [3.63, 3.8) is 0 Å². The van der Waals surface area contributed by atoms with Gasteiger partial charge in [0.05, 0.1) is 0 Å². The molecule has 1 nitrogen and oxygen atoms in total. The molecule has 0 saturated carbocycles. The third-order valence-corrected chi connectivity index (χ3v) is 1.96. The third kappa shape index (κ3) is 4.38. The van der Waals surface area contributed by atoms with Crippen molar-refractivity contribution in [1.29, 1.82) is 0 Å². The van der Waals surface area contributed by atoms with Gasteiger partial charge in [0.15, 0.2) is 0 Å². The zero-order valence-electron chi connectivity index (χ0n) is 8.34. The van der Waals surface area contributed by atoms with Crippen LogP contribution in [0.25, 0.3) is 0 Å². The summed E-state index contributed by atoms with van der Waals surface area (Å²) in [6, 6.07) is 6.62. The first-order valence-electron chi connectivity index (χ1n) is 4.94. The van der Waals surface area contributed by atoms with Crippen molar-refractivity contribution < 1.29 is 9.13 Å². The molecule has 0 amide bonds. The maximum Gasteiger partial charge on any atom is 0.123 e. The number of ether oxygens (including phenoxy) is 1. The van der Waals surface area contributed by atoms with Crippen molar-refractivity contribution in [2.75, 3.05) is 13.2 Å². The predicted octanol–water partition coefficient (Wildman–Crippen LogP) is 3.00. The summed E-state index contributed by atoms with van der Waals surface area (Å²) in [5, 5.41) is 0. The van der Waals surface area contributed by atoms with Crippen LogP contribution < -0.4 is 0 Å². The van der Waals surface area contributed by atoms with Gasteiger partial charge >= 0.3 is 0 Å². The molecular formula is C12H16FO. The Kier molecular flexibility index (Phi) is 5.23. The van der Waals surface area contributed by atoms with E-state index in [-0.39, 0.29) is 5.82 Å². The van der Waals surface area contributed by atoms with Crippen LogP contribution in [0.2, 0.25) is 0 Å². The maximum atomic E-state index is 12.5. The summed E-state index contributed by atoms with van der Waals surface area (Å²) < 4.78 is 17.8. The number of benzene rings is 1. The molecule has 0 heterocycles. The lowest BCUT2D eigenvalue weighted by atomic mass is 10.1. The average Bonchev–Trinajstić information content (AvgIpc) is 2.21. The Hall–Kier alpha value is -0.890. The van der Waals surface area contributed by atoms with Crippen molar-refractivity contribution in [2.45, 2.75) is 19.3 Å². The highest BCUT2D eigenvalue weighted by Gasteiger charge is 1.94. The molecule has 0 N–H and O–H groups in total. The molecule has 1 aromatic rings. The highest BCUT2D eigenvalue weighted by molar-refractivity contribution is 5.15. The number of rotatable bonds is 6. The van der Waals surface area contributed by atoms with Crippen LogP contribution in [0.5, 0.6) is 0 Å². The van der Waals surface area contributed by atoms with E-state index >= 15 is 0 Å². The minimum Gasteiger partial charge on any atom is -0.381 e. The van der Waals surface area contributed by atoms with Gasteiger partial charge in [-0.25, -0.2) is 4.39 Å². The molecule has 0 unspecified atom stereocenters. The Bertz CT molecular complexity index is 243. The maximum absolute atomic E-state index is 12.5. The van der Waals surface area contributed by atoms with Crippen LogP contribution in [0.15, 0.2) is 24.3 Å². The second-order valence-corrected chi connectivity index (χ2v) is 3.20. The quantitative estimate of drug-likeness (QED) is 0.634. The Labute approximate surface area is 84.9 Å². The van der Waals surface area contributed by atoms with Gasteiger partial charge in [0.1, 0.15) is 5.82 Å². The smallest absolute Gasteiger partial charge is 0.123 e. The zero-order chi connectivity index (χ0) is 10.2. The lowest BCUT2D eigenvalue weighted by Gasteiger charge is -2.02. The van der Waals surface area contributed by atoms with Crippen molar-refractivity contribution >= 4 is 0 Å². The van der Waals surface area contributed by atoms with Crippen LogP contribution >= 0.6 is 0 Å². The Morgan fingerprint density at radius 2 is 1.86 bits per heavy atom. The molecular weight excluding hydrogens is 179 g/mol. The molecule has 1 aromatic carbocycles. The second kappa shape index (κ2) is 6.55. The van der Waals surface area contributed by atoms with Crippen LogP contribution in [0, 0.1) is 12.7 Å². The van der Waals surface area contributed by atoms with Gasteiger partial charge in [0.25, 0.3) is 0 Å². The molecule has 1 rings (SSSR count). The molecule has 0 atom stereocenters. The molecule has 0 aromatic heterocycles. The normalized spacial score (nSPS) is 10.4. The number of halogens is 1. The van der Waals surface area contributed by atoms with Crippen molar-refractivity contribution in [1.82, 2.24) is 0 Å². The van der Waals surface area contributed by atoms with Crippen LogP contribution in [-0.2, 0) is 11.2 Å². The Balaban J connectivity index is 2.15. The summed E-state index contributed by atoms with van der Waals surface area (Å²) in [6.07, 6.45) is 2.74. The SMILES string of the molecule is [CH2]CCOCCCc1ccc(F)cc1. The summed E-state index contributed by atoms with van der Waals surface area (Å²) in [6.45, 7) is 5.17. The van der Waals surface area contributed by atoms with E-state index in [2.05, 4.69) is 6.92 Å². The van der Waals surface area contributed by atoms with E-state index in [0.717, 1.165) is 38.0 Å². The fraction of sp³-hybridized carbons (Fsp3) is 0.417. The topological polar surface area (TPSA) is 9.23 Å². The summed E-state index contributed by atoms with van der Waals surface area (Å²) in [5.74, 6) is -0.179. The number of hydrogen-bond donors (Lipinski definition) is 0. The summed E-state index contributed by atoms with van der Waals surface area (Å²) >= 11 is 0. The average molecular weight is 195 g/mol. The summed E-state index contributed by atoms with van der Waals surface area (Å²) in [4.78, 5) is 0. The van der Waals surface area contributed by atoms with Gasteiger partial charge in [0.2, 0.25) is 0 Å². The molecule has 1 radical (unpaired) electrons. The number of aryl methyl sites for hydroxylation is 1. The Morgan fingerprint density at radius 3 is 2.50 bits per heavy atom. The monoisotopic (exact) mass is 195 g/mol. The van der Waals surface area contributed by atoms with Gasteiger partial charge in [-0.3, -0.25) is 0 Å². The second-order valence-electron chi connectivity index (χ2n) is 3.20. The van der Waals surface area contributed by atoms with Crippen LogP contribution in [0.3, 0.4) is 0 Å². The van der Waals surface area contributed by atoms with E-state index in [0.29, 0.717) is 0 Å². The molecule has 14 heavy (non-hydrogen) atoms. The summed E-state index contributed by atoms with van der Waals surface area (Å²) in [7, 11) is 0. The van der Waals surface area contributed by atoms with E-state index in [1.165, 1.54) is 12.1 Å². The van der Waals surface area contributed by atoms with Crippen LogP contribution in [0.4, 0.5) is 4.39 Å². The first-order chi connectivity index (χ1) is 6.83. The molecule has 0 aliphatic rings. The molecule has 2 heteroatoms. The largest absolute Gasteiger partial charge is 0.381 e. The molecule has 0 spiro atoms. The van der Waals surface area contributed by atoms with Crippen molar-refractivity contribution in [3.8, 4) is 0 Å². The minimum absolute atomic E-state index is 0.179. The third-order valence-electron chi connectivity index (χ3n) is 1.96. The molecule has 0 saturated heterocycles. The Morgan fingerprint density at radius 1 is 1.14 bits per heavy atom. The fourth-order valence-electron chi connectivity index (χ4n) is 1.23. The van der Waals surface area contributed by atoms with Gasteiger partial charge in [-0.2, -0.15) is 0 Å². The van der Waals surface area contributed by atoms with Gasteiger partial charge in [-0.05, 0) is 37.0 Å². The van der Waals surface area contributed by atoms with E-state index < -0.39 is 0 Å². The highest BCUT2D eigenvalue weighted by atomic mass is 19.1. The van der Waals surface area contributed by atoms with Gasteiger partial charge < -0.3 is 4.74 Å². The molecule has 0 aliphatic heterocycles. The lowest BCUT2D eigenvalue weighted by molar-refractivity contribution is 0.136. The summed E-state index contributed by atoms with van der Waals surface area (Å²) in [5.41, 5.74) is 1.16. The van der Waals surface area contributed by atoms with Crippen molar-refractivity contribution in [2.24, 2.45) is 0 Å². The van der Waals surface area contributed by atoms with E-state index in [4.69, 9.17) is 4.74 Å². The number of hydrogen-bond acceptors (Lipinski definition) is 1. The zero-order valence-corrected chi connectivity index (χ0v) is 8.34. The first kappa shape index (κ1) is 11.2. The molecule has 0 fully saturated rings. The molecule has 0 aliphatic carbocycles. The van der Waals surface area contributed by atoms with Gasteiger partial charge in [-0.15, -0.1) is 0 Å². The van der Waals surface area contributed by atoms with Crippen LogP contribution in [-0.4, -0.2) is 13.2 Å². The first-order valence-corrected chi connectivity index (χ1v) is 4.94. The van der Waals surface area contributed by atoms with Crippen LogP contribution in [0.1, 0.15) is 18.4 Å². The molecule has 0 bridgehead atoms. The van der Waals surface area contributed by atoms with E-state index in [1.807, 2.05) is 12.1 Å².